The molecular weight excluding hydrogens is 496 g/mol. The van der Waals surface area contributed by atoms with Crippen LogP contribution in [0.3, 0.4) is 0 Å². The number of nitrogens with zero attached hydrogens (tertiary/aromatic N) is 1. The Morgan fingerprint density at radius 2 is 1.81 bits per heavy atom. The van der Waals surface area contributed by atoms with Crippen LogP contribution in [-0.2, 0) is 20.9 Å². The van der Waals surface area contributed by atoms with E-state index in [0.717, 1.165) is 11.1 Å². The van der Waals surface area contributed by atoms with E-state index in [1.54, 1.807) is 36.4 Å². The summed E-state index contributed by atoms with van der Waals surface area (Å²) in [6, 6.07) is 13.5. The Morgan fingerprint density at radius 3 is 2.51 bits per heavy atom. The lowest BCUT2D eigenvalue weighted by atomic mass is 9.77. The van der Waals surface area contributed by atoms with Crippen molar-refractivity contribution in [2.45, 2.75) is 56.9 Å². The zero-order chi connectivity index (χ0) is 26.5. The fourth-order valence-electron chi connectivity index (χ4n) is 4.97. The van der Waals surface area contributed by atoms with Crippen LogP contribution in [0.15, 0.2) is 60.2 Å². The highest BCUT2D eigenvalue weighted by Crippen LogP contribution is 2.47. The van der Waals surface area contributed by atoms with E-state index in [1.165, 1.54) is 11.8 Å². The van der Waals surface area contributed by atoms with Crippen molar-refractivity contribution in [2.75, 3.05) is 13.2 Å². The molecule has 0 spiro atoms. The topological polar surface area (TPSA) is 116 Å². The van der Waals surface area contributed by atoms with Crippen LogP contribution in [0.5, 0.6) is 5.75 Å². The van der Waals surface area contributed by atoms with Crippen molar-refractivity contribution in [3.63, 3.8) is 0 Å². The van der Waals surface area contributed by atoms with Crippen molar-refractivity contribution in [3.05, 3.63) is 76.3 Å². The number of nitrogens with one attached hydrogen (secondary N) is 1. The molecule has 0 saturated heterocycles. The summed E-state index contributed by atoms with van der Waals surface area (Å²) in [6.07, 6.45) is 0.529. The molecule has 2 aliphatic rings. The summed E-state index contributed by atoms with van der Waals surface area (Å²) in [5.41, 5.74) is 1.96. The average molecular weight is 527 g/mol. The second kappa shape index (κ2) is 11.9. The Morgan fingerprint density at radius 1 is 1.08 bits per heavy atom. The zero-order valence-corrected chi connectivity index (χ0v) is 21.4. The van der Waals surface area contributed by atoms with Crippen LogP contribution in [-0.4, -0.2) is 64.1 Å². The van der Waals surface area contributed by atoms with Gasteiger partial charge in [0.05, 0.1) is 18.6 Å². The van der Waals surface area contributed by atoms with Crippen molar-refractivity contribution in [2.24, 2.45) is 0 Å². The van der Waals surface area contributed by atoms with Gasteiger partial charge in [0.2, 0.25) is 11.8 Å². The van der Waals surface area contributed by atoms with Gasteiger partial charge < -0.3 is 30.0 Å². The Kier molecular flexibility index (Phi) is 8.63. The number of aliphatic hydroxyl groups excluding tert-OH is 2. The summed E-state index contributed by atoms with van der Waals surface area (Å²) in [5.74, 6) is -0.587. The second-order valence-electron chi connectivity index (χ2n) is 9.38. The first kappa shape index (κ1) is 26.9. The molecule has 1 aliphatic heterocycles. The third-order valence-electron chi connectivity index (χ3n) is 6.74. The van der Waals surface area contributed by atoms with Crippen molar-refractivity contribution in [1.29, 1.82) is 0 Å². The molecule has 0 bridgehead atoms. The van der Waals surface area contributed by atoms with Crippen LogP contribution in [0.2, 0.25) is 5.02 Å². The maximum atomic E-state index is 13.5. The first-order valence-corrected chi connectivity index (χ1v) is 12.8. The van der Waals surface area contributed by atoms with Gasteiger partial charge >= 0.3 is 0 Å². The van der Waals surface area contributed by atoms with Gasteiger partial charge in [-0.2, -0.15) is 0 Å². The number of para-hydroxylation sites is 1. The number of rotatable bonds is 10. The van der Waals surface area contributed by atoms with Gasteiger partial charge in [0.1, 0.15) is 23.7 Å². The van der Waals surface area contributed by atoms with Gasteiger partial charge in [-0.25, -0.2) is 0 Å². The molecule has 4 atom stereocenters. The number of halogens is 1. The van der Waals surface area contributed by atoms with E-state index in [0.29, 0.717) is 22.8 Å². The lowest BCUT2D eigenvalue weighted by molar-refractivity contribution is -0.138. The van der Waals surface area contributed by atoms with Gasteiger partial charge in [0.25, 0.3) is 0 Å². The highest BCUT2D eigenvalue weighted by molar-refractivity contribution is 6.30. The summed E-state index contributed by atoms with van der Waals surface area (Å²) in [7, 11) is 0. The van der Waals surface area contributed by atoms with Gasteiger partial charge in [-0.1, -0.05) is 41.9 Å². The summed E-state index contributed by atoms with van der Waals surface area (Å²) in [4.78, 5) is 39.7. The molecule has 2 aromatic rings. The number of ketones is 1. The number of ether oxygens (including phenoxy) is 1. The Hall–Kier alpha value is -3.20. The van der Waals surface area contributed by atoms with Crippen molar-refractivity contribution < 1.29 is 29.3 Å². The molecule has 37 heavy (non-hydrogen) atoms. The SMILES string of the molecule is CC(=O)CCCC(=O)N(Cc1ccc(Cl)cc1)C1C=C(C(=O)NCCO)C2c3ccccc3OC2C1O. The molecule has 196 valence electrons. The summed E-state index contributed by atoms with van der Waals surface area (Å²) in [5, 5.41) is 24.0. The fraction of sp³-hybridized carbons (Fsp3) is 0.393. The highest BCUT2D eigenvalue weighted by atomic mass is 35.5. The number of fused-ring (bicyclic) bond motifs is 3. The van der Waals surface area contributed by atoms with Crippen LogP contribution in [0, 0.1) is 0 Å². The molecule has 2 aromatic carbocycles. The minimum absolute atomic E-state index is 0.00236. The minimum Gasteiger partial charge on any atom is -0.486 e. The summed E-state index contributed by atoms with van der Waals surface area (Å²) < 4.78 is 6.13. The number of carbonyl (C=O) groups excluding carboxylic acids is 3. The van der Waals surface area contributed by atoms with Crippen LogP contribution in [0.25, 0.3) is 0 Å². The maximum absolute atomic E-state index is 13.5. The number of amides is 2. The molecule has 3 N–H and O–H groups in total. The van der Waals surface area contributed by atoms with Gasteiger partial charge in [-0.05, 0) is 43.2 Å². The molecule has 1 heterocycles. The first-order chi connectivity index (χ1) is 17.8. The predicted molar refractivity (Wildman–Crippen MR) is 138 cm³/mol. The van der Waals surface area contributed by atoms with Crippen molar-refractivity contribution in [3.8, 4) is 5.75 Å². The smallest absolute Gasteiger partial charge is 0.247 e. The molecular formula is C28H31ClN2O6. The van der Waals surface area contributed by atoms with Crippen LogP contribution < -0.4 is 10.1 Å². The third kappa shape index (κ3) is 6.04. The standard InChI is InChI=1S/C28H31ClN2O6/c1-17(33)5-4-8-24(34)31(16-18-9-11-19(29)12-10-18)22-15-21(28(36)30-13-14-32)25-20-6-2-3-7-23(20)37-27(25)26(22)35/h2-3,6-7,9-12,15,22,25-27,32,35H,4-5,8,13-14,16H2,1H3,(H,30,36). The molecule has 0 aromatic heterocycles. The van der Waals surface area contributed by atoms with E-state index in [9.17, 15) is 24.6 Å². The highest BCUT2D eigenvalue weighted by Gasteiger charge is 2.50. The summed E-state index contributed by atoms with van der Waals surface area (Å²) in [6.45, 7) is 1.51. The minimum atomic E-state index is -1.11. The number of aliphatic hydroxyl groups is 2. The normalized spacial score (nSPS) is 21.8. The van der Waals surface area contributed by atoms with Crippen LogP contribution in [0.4, 0.5) is 0 Å². The van der Waals surface area contributed by atoms with E-state index < -0.39 is 30.1 Å². The lowest BCUT2D eigenvalue weighted by Gasteiger charge is -2.41. The average Bonchev–Trinajstić information content (AvgIpc) is 3.27. The quantitative estimate of drug-likeness (QED) is 0.438. The molecule has 8 nitrogen and oxygen atoms in total. The van der Waals surface area contributed by atoms with Crippen molar-refractivity contribution in [1.82, 2.24) is 10.2 Å². The molecule has 9 heteroatoms. The molecule has 0 radical (unpaired) electrons. The second-order valence-corrected chi connectivity index (χ2v) is 9.82. The van der Waals surface area contributed by atoms with Crippen LogP contribution in [0.1, 0.15) is 43.2 Å². The predicted octanol–water partition coefficient (Wildman–Crippen LogP) is 2.75. The molecule has 0 fully saturated rings. The Labute approximate surface area is 220 Å². The zero-order valence-electron chi connectivity index (χ0n) is 20.6. The van der Waals surface area contributed by atoms with E-state index in [-0.39, 0.29) is 44.2 Å². The Balaban J connectivity index is 1.72. The van der Waals surface area contributed by atoms with Gasteiger partial charge in [0.15, 0.2) is 0 Å². The lowest BCUT2D eigenvalue weighted by Crippen LogP contribution is -2.55. The van der Waals surface area contributed by atoms with Gasteiger partial charge in [0, 0.05) is 42.1 Å². The number of hydrogen-bond acceptors (Lipinski definition) is 6. The largest absolute Gasteiger partial charge is 0.486 e. The first-order valence-electron chi connectivity index (χ1n) is 12.4. The third-order valence-corrected chi connectivity index (χ3v) is 6.99. The maximum Gasteiger partial charge on any atom is 0.247 e. The number of Topliss-reactive ketones (excluding diaryl/α,β-unsaturated/α-hetero) is 1. The molecule has 4 unspecified atom stereocenters. The monoisotopic (exact) mass is 526 g/mol. The van der Waals surface area contributed by atoms with E-state index in [1.807, 2.05) is 18.2 Å². The Bertz CT molecular complexity index is 1180. The number of hydrogen-bond donors (Lipinski definition) is 3. The molecule has 1 aliphatic carbocycles. The van der Waals surface area contributed by atoms with Crippen molar-refractivity contribution >= 4 is 29.2 Å². The van der Waals surface area contributed by atoms with Crippen LogP contribution >= 0.6 is 11.6 Å². The molecule has 4 rings (SSSR count). The fourth-order valence-corrected chi connectivity index (χ4v) is 5.10. The number of carbonyl (C=O) groups is 3. The van der Waals surface area contributed by atoms with E-state index in [2.05, 4.69) is 5.32 Å². The summed E-state index contributed by atoms with van der Waals surface area (Å²) >= 11 is 6.04. The number of benzene rings is 2. The molecule has 2 amide bonds. The molecule has 0 saturated carbocycles. The van der Waals surface area contributed by atoms with E-state index in [4.69, 9.17) is 16.3 Å². The van der Waals surface area contributed by atoms with Gasteiger partial charge in [-0.15, -0.1) is 0 Å². The van der Waals surface area contributed by atoms with E-state index >= 15 is 0 Å². The van der Waals surface area contributed by atoms with Gasteiger partial charge in [-0.3, -0.25) is 9.59 Å².